The fourth-order valence-corrected chi connectivity index (χ4v) is 4.45. The van der Waals surface area contributed by atoms with Crippen LogP contribution in [-0.2, 0) is 22.3 Å². The topological polar surface area (TPSA) is 84.0 Å². The molecule has 2 amide bonds. The number of amides is 2. The van der Waals surface area contributed by atoms with Crippen molar-refractivity contribution < 1.29 is 19.1 Å². The Morgan fingerprint density at radius 1 is 1.06 bits per heavy atom. The van der Waals surface area contributed by atoms with Gasteiger partial charge in [0.25, 0.3) is 0 Å². The van der Waals surface area contributed by atoms with Crippen molar-refractivity contribution in [2.24, 2.45) is 0 Å². The van der Waals surface area contributed by atoms with Crippen LogP contribution in [0.15, 0.2) is 12.1 Å². The summed E-state index contributed by atoms with van der Waals surface area (Å²) < 4.78 is 11.0. The van der Waals surface area contributed by atoms with Crippen LogP contribution in [0.5, 0.6) is 0 Å². The summed E-state index contributed by atoms with van der Waals surface area (Å²) in [5.41, 5.74) is 1.08. The highest BCUT2D eigenvalue weighted by Crippen LogP contribution is 2.27. The molecule has 2 aliphatic heterocycles. The summed E-state index contributed by atoms with van der Waals surface area (Å²) in [5, 5.41) is 3.01. The van der Waals surface area contributed by atoms with E-state index in [-0.39, 0.29) is 18.2 Å². The van der Waals surface area contributed by atoms with Gasteiger partial charge in [-0.05, 0) is 105 Å². The van der Waals surface area contributed by atoms with Crippen molar-refractivity contribution in [2.45, 2.75) is 97.3 Å². The van der Waals surface area contributed by atoms with Gasteiger partial charge in [0.1, 0.15) is 17.0 Å². The number of carbonyl (C=O) groups excluding carboxylic acids is 2. The number of rotatable bonds is 5. The number of likely N-dealkylation sites (tertiary alicyclic amines) is 1. The predicted molar refractivity (Wildman–Crippen MR) is 133 cm³/mol. The quantitative estimate of drug-likeness (QED) is 0.666. The van der Waals surface area contributed by atoms with Crippen molar-refractivity contribution in [2.75, 3.05) is 31.1 Å². The molecule has 0 aromatic carbocycles. The number of carbonyl (C=O) groups is 2. The van der Waals surface area contributed by atoms with Crippen molar-refractivity contribution >= 4 is 18.0 Å². The number of alkyl carbamates (subject to hydrolysis) is 1. The fourth-order valence-electron chi connectivity index (χ4n) is 4.45. The van der Waals surface area contributed by atoms with E-state index in [1.807, 2.05) is 41.5 Å². The van der Waals surface area contributed by atoms with E-state index >= 15 is 0 Å². The average Bonchev–Trinajstić information content (AvgIpc) is 2.71. The molecule has 1 saturated heterocycles. The average molecular weight is 475 g/mol. The number of pyridine rings is 1. The molecule has 8 nitrogen and oxygen atoms in total. The molecule has 0 unspecified atom stereocenters. The van der Waals surface area contributed by atoms with Crippen LogP contribution in [0.4, 0.5) is 15.4 Å². The van der Waals surface area contributed by atoms with Gasteiger partial charge in [0.15, 0.2) is 0 Å². The number of hydrogen-bond acceptors (Lipinski definition) is 6. The van der Waals surface area contributed by atoms with Crippen molar-refractivity contribution in [3.05, 3.63) is 23.4 Å². The molecule has 1 atom stereocenters. The van der Waals surface area contributed by atoms with Crippen molar-refractivity contribution in [1.82, 2.24) is 15.2 Å². The number of ether oxygens (including phenoxy) is 2. The summed E-state index contributed by atoms with van der Waals surface area (Å²) in [7, 11) is 0. The van der Waals surface area contributed by atoms with Gasteiger partial charge >= 0.3 is 12.2 Å². The molecule has 0 saturated carbocycles. The van der Waals surface area contributed by atoms with E-state index < -0.39 is 11.2 Å². The summed E-state index contributed by atoms with van der Waals surface area (Å²) in [6.45, 7) is 14.7. The largest absolute Gasteiger partial charge is 0.444 e. The highest BCUT2D eigenvalue weighted by Gasteiger charge is 2.29. The van der Waals surface area contributed by atoms with Gasteiger partial charge in [-0.25, -0.2) is 14.6 Å². The predicted octanol–water partition coefficient (Wildman–Crippen LogP) is 4.69. The van der Waals surface area contributed by atoms with E-state index in [0.717, 1.165) is 75.2 Å². The van der Waals surface area contributed by atoms with Gasteiger partial charge in [-0.1, -0.05) is 6.07 Å². The first-order valence-corrected chi connectivity index (χ1v) is 12.6. The molecule has 0 aliphatic carbocycles. The minimum absolute atomic E-state index is 0.118. The second kappa shape index (κ2) is 10.9. The maximum Gasteiger partial charge on any atom is 0.416 e. The molecule has 3 rings (SSSR count). The number of aryl methyl sites for hydroxylation is 2. The van der Waals surface area contributed by atoms with Crippen molar-refractivity contribution in [3.8, 4) is 0 Å². The van der Waals surface area contributed by atoms with Crippen molar-refractivity contribution in [3.63, 3.8) is 0 Å². The lowest BCUT2D eigenvalue weighted by Crippen LogP contribution is -2.49. The van der Waals surface area contributed by atoms with Crippen LogP contribution >= 0.6 is 0 Å². The lowest BCUT2D eigenvalue weighted by molar-refractivity contribution is 0.0471. The number of hydrogen-bond donors (Lipinski definition) is 1. The Kier molecular flexibility index (Phi) is 8.44. The normalized spacial score (nSPS) is 19.4. The monoisotopic (exact) mass is 474 g/mol. The summed E-state index contributed by atoms with van der Waals surface area (Å²) in [6.07, 6.45) is 5.03. The molecule has 3 heterocycles. The highest BCUT2D eigenvalue weighted by atomic mass is 16.6. The lowest BCUT2D eigenvalue weighted by Gasteiger charge is -2.33. The Hall–Kier alpha value is -2.35. The SMILES string of the molecule is CC(C)(C)OC(=O)N[C@@H]1CCCN(CCCc2ccc3c(n2)N(C(=O)OC(C)(C)C)CCC3)C1. The number of aromatic nitrogens is 1. The van der Waals surface area contributed by atoms with Gasteiger partial charge in [-0.15, -0.1) is 0 Å². The number of anilines is 1. The number of piperidine rings is 1. The zero-order chi connectivity index (χ0) is 24.9. The zero-order valence-electron chi connectivity index (χ0n) is 21.8. The molecule has 1 aromatic heterocycles. The summed E-state index contributed by atoms with van der Waals surface area (Å²) in [6, 6.07) is 4.31. The third-order valence-electron chi connectivity index (χ3n) is 5.84. The summed E-state index contributed by atoms with van der Waals surface area (Å²) in [4.78, 5) is 33.7. The smallest absolute Gasteiger partial charge is 0.416 e. The minimum Gasteiger partial charge on any atom is -0.444 e. The second-order valence-electron chi connectivity index (χ2n) is 11.4. The molecule has 34 heavy (non-hydrogen) atoms. The molecule has 8 heteroatoms. The molecular weight excluding hydrogens is 432 g/mol. The zero-order valence-corrected chi connectivity index (χ0v) is 21.8. The number of fused-ring (bicyclic) bond motifs is 1. The first kappa shape index (κ1) is 26.3. The van der Waals surface area contributed by atoms with Gasteiger partial charge in [-0.2, -0.15) is 0 Å². The molecule has 0 bridgehead atoms. The van der Waals surface area contributed by atoms with Gasteiger partial charge in [0.05, 0.1) is 0 Å². The Morgan fingerprint density at radius 3 is 2.50 bits per heavy atom. The first-order chi connectivity index (χ1) is 15.9. The van der Waals surface area contributed by atoms with Gasteiger partial charge in [-0.3, -0.25) is 4.90 Å². The lowest BCUT2D eigenvalue weighted by atomic mass is 10.0. The maximum atomic E-state index is 12.7. The fraction of sp³-hybridized carbons (Fsp3) is 0.731. The van der Waals surface area contributed by atoms with E-state index in [0.29, 0.717) is 6.54 Å². The van der Waals surface area contributed by atoms with Gasteiger partial charge < -0.3 is 19.7 Å². The van der Waals surface area contributed by atoms with Crippen LogP contribution in [0, 0.1) is 0 Å². The van der Waals surface area contributed by atoms with Gasteiger partial charge in [0, 0.05) is 24.8 Å². The van der Waals surface area contributed by atoms with Gasteiger partial charge in [0.2, 0.25) is 0 Å². The molecule has 1 aromatic rings. The highest BCUT2D eigenvalue weighted by molar-refractivity contribution is 5.88. The molecule has 0 radical (unpaired) electrons. The van der Waals surface area contributed by atoms with Crippen LogP contribution in [0.3, 0.4) is 0 Å². The summed E-state index contributed by atoms with van der Waals surface area (Å²) >= 11 is 0. The Labute approximate surface area is 204 Å². The van der Waals surface area contributed by atoms with E-state index in [2.05, 4.69) is 22.3 Å². The van der Waals surface area contributed by atoms with E-state index in [1.54, 1.807) is 4.90 Å². The van der Waals surface area contributed by atoms with Crippen LogP contribution in [0.2, 0.25) is 0 Å². The third-order valence-corrected chi connectivity index (χ3v) is 5.84. The Bertz CT molecular complexity index is 859. The molecule has 190 valence electrons. The first-order valence-electron chi connectivity index (χ1n) is 12.6. The molecule has 1 N–H and O–H groups in total. The van der Waals surface area contributed by atoms with Crippen LogP contribution < -0.4 is 10.2 Å². The summed E-state index contributed by atoms with van der Waals surface area (Å²) in [5.74, 6) is 0.748. The van der Waals surface area contributed by atoms with Crippen LogP contribution in [-0.4, -0.2) is 65.5 Å². The minimum atomic E-state index is -0.531. The van der Waals surface area contributed by atoms with Crippen LogP contribution in [0.1, 0.15) is 78.5 Å². The molecular formula is C26H42N4O4. The number of nitrogens with zero attached hydrogens (tertiary/aromatic N) is 3. The van der Waals surface area contributed by atoms with E-state index in [1.165, 1.54) is 0 Å². The molecule has 0 spiro atoms. The third kappa shape index (κ3) is 8.15. The molecule has 2 aliphatic rings. The Morgan fingerprint density at radius 2 is 1.79 bits per heavy atom. The van der Waals surface area contributed by atoms with E-state index in [4.69, 9.17) is 14.5 Å². The van der Waals surface area contributed by atoms with E-state index in [9.17, 15) is 9.59 Å². The number of nitrogens with one attached hydrogen (secondary N) is 1. The van der Waals surface area contributed by atoms with Crippen LogP contribution in [0.25, 0.3) is 0 Å². The maximum absolute atomic E-state index is 12.7. The molecule has 1 fully saturated rings. The Balaban J connectivity index is 1.52. The second-order valence-corrected chi connectivity index (χ2v) is 11.4. The van der Waals surface area contributed by atoms with Crippen molar-refractivity contribution in [1.29, 1.82) is 0 Å². The standard InChI is InChI=1S/C26H42N4O4/c1-25(2,3)33-23(31)28-21-12-9-16-29(18-21)15-8-11-20-14-13-19-10-7-17-30(22(19)27-20)24(32)34-26(4,5)6/h13-14,21H,7-12,15-18H2,1-6H3,(H,28,31)/t21-/m1/s1.